The lowest BCUT2D eigenvalue weighted by Gasteiger charge is -1.96. The lowest BCUT2D eigenvalue weighted by atomic mass is 10.1. The third kappa shape index (κ3) is 1.63. The Morgan fingerprint density at radius 3 is 2.64 bits per heavy atom. The highest BCUT2D eigenvalue weighted by Crippen LogP contribution is 2.30. The van der Waals surface area contributed by atoms with Crippen molar-refractivity contribution in [2.24, 2.45) is 0 Å². The van der Waals surface area contributed by atoms with E-state index in [1.54, 1.807) is 12.1 Å². The molecule has 2 aromatic rings. The number of benzene rings is 1. The first kappa shape index (κ1) is 9.56. The summed E-state index contributed by atoms with van der Waals surface area (Å²) in [5, 5.41) is 4.85. The predicted octanol–water partition coefficient (Wildman–Crippen LogP) is 3.83. The number of halogens is 2. The normalized spacial score (nSPS) is 10.5. The van der Waals surface area contributed by atoms with Gasteiger partial charge in [0.15, 0.2) is 5.76 Å². The first-order chi connectivity index (χ1) is 6.68. The standard InChI is InChI=1S/C10H6Cl2NO/c1-6-9(12)10(13-14-6)7-3-2-4-8(11)5-7/h2-5H,1H2. The van der Waals surface area contributed by atoms with Crippen molar-refractivity contribution in [3.63, 3.8) is 0 Å². The summed E-state index contributed by atoms with van der Waals surface area (Å²) in [6, 6.07) is 7.23. The van der Waals surface area contributed by atoms with E-state index in [9.17, 15) is 0 Å². The molecular formula is C10H6Cl2NO. The van der Waals surface area contributed by atoms with Gasteiger partial charge in [0.1, 0.15) is 10.7 Å². The smallest absolute Gasteiger partial charge is 0.156 e. The van der Waals surface area contributed by atoms with Gasteiger partial charge in [0.25, 0.3) is 0 Å². The van der Waals surface area contributed by atoms with Crippen LogP contribution in [0.1, 0.15) is 5.76 Å². The molecule has 2 nitrogen and oxygen atoms in total. The van der Waals surface area contributed by atoms with E-state index in [-0.39, 0.29) is 0 Å². The minimum Gasteiger partial charge on any atom is -0.359 e. The van der Waals surface area contributed by atoms with Crippen molar-refractivity contribution in [3.05, 3.63) is 47.0 Å². The number of rotatable bonds is 1. The molecule has 1 heterocycles. The molecule has 1 radical (unpaired) electrons. The summed E-state index contributed by atoms with van der Waals surface area (Å²) in [7, 11) is 0. The zero-order valence-electron chi connectivity index (χ0n) is 7.13. The van der Waals surface area contributed by atoms with Crippen LogP contribution < -0.4 is 0 Å². The average molecular weight is 227 g/mol. The van der Waals surface area contributed by atoms with Gasteiger partial charge in [0, 0.05) is 17.5 Å². The average Bonchev–Trinajstić information content (AvgIpc) is 2.48. The maximum atomic E-state index is 5.93. The van der Waals surface area contributed by atoms with E-state index >= 15 is 0 Å². The second-order valence-corrected chi connectivity index (χ2v) is 3.59. The van der Waals surface area contributed by atoms with E-state index in [1.165, 1.54) is 0 Å². The van der Waals surface area contributed by atoms with Crippen molar-refractivity contribution in [3.8, 4) is 11.3 Å². The van der Waals surface area contributed by atoms with E-state index in [0.717, 1.165) is 5.56 Å². The van der Waals surface area contributed by atoms with Crippen LogP contribution in [0, 0.1) is 6.92 Å². The maximum Gasteiger partial charge on any atom is 0.156 e. The van der Waals surface area contributed by atoms with Crippen LogP contribution in [0.4, 0.5) is 0 Å². The van der Waals surface area contributed by atoms with Gasteiger partial charge in [-0.3, -0.25) is 0 Å². The summed E-state index contributed by atoms with van der Waals surface area (Å²) in [5.74, 6) is 0.363. The zero-order chi connectivity index (χ0) is 10.1. The molecule has 0 aliphatic heterocycles. The monoisotopic (exact) mass is 226 g/mol. The van der Waals surface area contributed by atoms with Crippen molar-refractivity contribution in [2.75, 3.05) is 0 Å². The molecule has 0 bridgehead atoms. The number of hydrogen-bond donors (Lipinski definition) is 0. The van der Waals surface area contributed by atoms with Crippen LogP contribution in [0.15, 0.2) is 28.8 Å². The molecule has 4 heteroatoms. The Morgan fingerprint density at radius 1 is 1.29 bits per heavy atom. The highest BCUT2D eigenvalue weighted by atomic mass is 35.5. The molecular weight excluding hydrogens is 221 g/mol. The third-order valence-electron chi connectivity index (χ3n) is 1.80. The summed E-state index contributed by atoms with van der Waals surface area (Å²) in [5.41, 5.74) is 1.39. The van der Waals surface area contributed by atoms with E-state index < -0.39 is 0 Å². The van der Waals surface area contributed by atoms with Crippen molar-refractivity contribution in [1.29, 1.82) is 0 Å². The lowest BCUT2D eigenvalue weighted by molar-refractivity contribution is 0.409. The molecule has 1 aromatic heterocycles. The molecule has 0 unspecified atom stereocenters. The van der Waals surface area contributed by atoms with Crippen molar-refractivity contribution < 1.29 is 4.52 Å². The van der Waals surface area contributed by atoms with Crippen LogP contribution in [0.5, 0.6) is 0 Å². The van der Waals surface area contributed by atoms with Gasteiger partial charge >= 0.3 is 0 Å². The largest absolute Gasteiger partial charge is 0.359 e. The molecule has 71 valence electrons. The Bertz CT molecular complexity index is 465. The highest BCUT2D eigenvalue weighted by Gasteiger charge is 2.12. The first-order valence-electron chi connectivity index (χ1n) is 3.91. The van der Waals surface area contributed by atoms with Crippen molar-refractivity contribution in [2.45, 2.75) is 0 Å². The molecule has 2 rings (SSSR count). The number of nitrogens with zero attached hydrogens (tertiary/aromatic N) is 1. The van der Waals surface area contributed by atoms with Crippen LogP contribution in [0.25, 0.3) is 11.3 Å². The fourth-order valence-corrected chi connectivity index (χ4v) is 1.50. The van der Waals surface area contributed by atoms with Crippen LogP contribution in [0.2, 0.25) is 10.0 Å². The summed E-state index contributed by atoms with van der Waals surface area (Å²) in [4.78, 5) is 0. The van der Waals surface area contributed by atoms with Crippen LogP contribution in [-0.4, -0.2) is 5.16 Å². The fraction of sp³-hybridized carbons (Fsp3) is 0. The van der Waals surface area contributed by atoms with Gasteiger partial charge in [0.05, 0.1) is 0 Å². The van der Waals surface area contributed by atoms with Gasteiger partial charge in [-0.15, -0.1) is 0 Å². The SMILES string of the molecule is [CH2]c1onc(-c2cccc(Cl)c2)c1Cl. The van der Waals surface area contributed by atoms with Gasteiger partial charge in [-0.2, -0.15) is 0 Å². The van der Waals surface area contributed by atoms with Gasteiger partial charge in [-0.05, 0) is 12.1 Å². The molecule has 0 saturated heterocycles. The Labute approximate surface area is 91.4 Å². The van der Waals surface area contributed by atoms with Crippen LogP contribution in [-0.2, 0) is 0 Å². The topological polar surface area (TPSA) is 26.0 Å². The Hall–Kier alpha value is -0.990. The summed E-state index contributed by atoms with van der Waals surface area (Å²) < 4.78 is 4.85. The molecule has 0 aliphatic rings. The Kier molecular flexibility index (Phi) is 2.48. The fourth-order valence-electron chi connectivity index (χ4n) is 1.13. The minimum absolute atomic E-state index is 0.363. The minimum atomic E-state index is 0.363. The molecule has 0 atom stereocenters. The lowest BCUT2D eigenvalue weighted by Crippen LogP contribution is -1.77. The summed E-state index contributed by atoms with van der Waals surface area (Å²) in [6.45, 7) is 3.59. The van der Waals surface area contributed by atoms with Gasteiger partial charge in [-0.25, -0.2) is 0 Å². The highest BCUT2D eigenvalue weighted by molar-refractivity contribution is 6.34. The number of hydrogen-bond acceptors (Lipinski definition) is 2. The molecule has 0 saturated carbocycles. The molecule has 0 amide bonds. The summed E-state index contributed by atoms with van der Waals surface area (Å²) >= 11 is 11.8. The molecule has 1 aromatic carbocycles. The Balaban J connectivity index is 2.55. The first-order valence-corrected chi connectivity index (χ1v) is 4.67. The molecule has 0 fully saturated rings. The van der Waals surface area contributed by atoms with Gasteiger partial charge < -0.3 is 4.52 Å². The Morgan fingerprint density at radius 2 is 2.07 bits per heavy atom. The zero-order valence-corrected chi connectivity index (χ0v) is 8.64. The quantitative estimate of drug-likeness (QED) is 0.739. The summed E-state index contributed by atoms with van der Waals surface area (Å²) in [6.07, 6.45) is 0. The van der Waals surface area contributed by atoms with E-state index in [0.29, 0.717) is 21.5 Å². The number of aromatic nitrogens is 1. The van der Waals surface area contributed by atoms with Crippen molar-refractivity contribution >= 4 is 23.2 Å². The van der Waals surface area contributed by atoms with Crippen LogP contribution >= 0.6 is 23.2 Å². The second kappa shape index (κ2) is 3.64. The van der Waals surface area contributed by atoms with E-state index in [2.05, 4.69) is 12.1 Å². The molecule has 0 spiro atoms. The molecule has 0 N–H and O–H groups in total. The predicted molar refractivity (Wildman–Crippen MR) is 56.4 cm³/mol. The molecule has 14 heavy (non-hydrogen) atoms. The maximum absolute atomic E-state index is 5.93. The van der Waals surface area contributed by atoms with E-state index in [1.807, 2.05) is 12.1 Å². The second-order valence-electron chi connectivity index (χ2n) is 2.78. The molecule has 0 aliphatic carbocycles. The van der Waals surface area contributed by atoms with Gasteiger partial charge in [-0.1, -0.05) is 40.5 Å². The van der Waals surface area contributed by atoms with Crippen molar-refractivity contribution in [1.82, 2.24) is 5.16 Å². The van der Waals surface area contributed by atoms with Gasteiger partial charge in [0.2, 0.25) is 0 Å². The third-order valence-corrected chi connectivity index (χ3v) is 2.42. The van der Waals surface area contributed by atoms with E-state index in [4.69, 9.17) is 27.7 Å². The van der Waals surface area contributed by atoms with Crippen LogP contribution in [0.3, 0.4) is 0 Å².